The standard InChI is InChI=1S/C12H13NO2S/c1-15-8-9-3-2-4-10(5-9)12-13-6-11(7-14)16-12/h2-6,14H,7-8H2,1H3. The van der Waals surface area contributed by atoms with E-state index in [1.807, 2.05) is 18.2 Å². The fourth-order valence-electron chi connectivity index (χ4n) is 1.47. The molecule has 1 N–H and O–H groups in total. The Labute approximate surface area is 98.4 Å². The van der Waals surface area contributed by atoms with Gasteiger partial charge in [0.25, 0.3) is 0 Å². The third-order valence-electron chi connectivity index (χ3n) is 2.19. The van der Waals surface area contributed by atoms with Crippen molar-refractivity contribution in [3.8, 4) is 10.6 Å². The molecular weight excluding hydrogens is 222 g/mol. The predicted octanol–water partition coefficient (Wildman–Crippen LogP) is 2.45. The molecule has 1 aromatic heterocycles. The van der Waals surface area contributed by atoms with Crippen LogP contribution in [0, 0.1) is 0 Å². The van der Waals surface area contributed by atoms with E-state index in [0.717, 1.165) is 21.0 Å². The van der Waals surface area contributed by atoms with E-state index in [9.17, 15) is 0 Å². The number of aliphatic hydroxyl groups excluding tert-OH is 1. The number of thiazole rings is 1. The molecule has 0 saturated carbocycles. The van der Waals surface area contributed by atoms with Gasteiger partial charge in [-0.3, -0.25) is 0 Å². The van der Waals surface area contributed by atoms with Crippen molar-refractivity contribution in [3.63, 3.8) is 0 Å². The van der Waals surface area contributed by atoms with Crippen LogP contribution in [-0.2, 0) is 18.0 Å². The van der Waals surface area contributed by atoms with E-state index >= 15 is 0 Å². The average Bonchev–Trinajstić information content (AvgIpc) is 2.78. The van der Waals surface area contributed by atoms with Crippen molar-refractivity contribution in [1.82, 2.24) is 4.98 Å². The van der Waals surface area contributed by atoms with Gasteiger partial charge in [-0.25, -0.2) is 4.98 Å². The number of nitrogens with zero attached hydrogens (tertiary/aromatic N) is 1. The molecule has 0 atom stereocenters. The van der Waals surface area contributed by atoms with Gasteiger partial charge in [-0.05, 0) is 11.6 Å². The molecule has 1 aromatic carbocycles. The summed E-state index contributed by atoms with van der Waals surface area (Å²) in [6.07, 6.45) is 1.71. The van der Waals surface area contributed by atoms with Crippen LogP contribution in [0.3, 0.4) is 0 Å². The van der Waals surface area contributed by atoms with Gasteiger partial charge in [0.15, 0.2) is 0 Å². The predicted molar refractivity (Wildman–Crippen MR) is 64.2 cm³/mol. The number of ether oxygens (including phenoxy) is 1. The molecule has 3 nitrogen and oxygen atoms in total. The first kappa shape index (κ1) is 11.3. The van der Waals surface area contributed by atoms with Crippen LogP contribution in [0.2, 0.25) is 0 Å². The van der Waals surface area contributed by atoms with E-state index in [2.05, 4.69) is 11.1 Å². The lowest BCUT2D eigenvalue weighted by atomic mass is 10.1. The monoisotopic (exact) mass is 235 g/mol. The molecule has 84 valence electrons. The average molecular weight is 235 g/mol. The number of aliphatic hydroxyl groups is 1. The van der Waals surface area contributed by atoms with Crippen molar-refractivity contribution in [1.29, 1.82) is 0 Å². The SMILES string of the molecule is COCc1cccc(-c2ncc(CO)s2)c1. The Bertz CT molecular complexity index is 468. The van der Waals surface area contributed by atoms with Crippen molar-refractivity contribution < 1.29 is 9.84 Å². The first-order valence-corrected chi connectivity index (χ1v) is 5.79. The Morgan fingerprint density at radius 2 is 2.31 bits per heavy atom. The number of methoxy groups -OCH3 is 1. The molecule has 0 fully saturated rings. The van der Waals surface area contributed by atoms with Crippen LogP contribution < -0.4 is 0 Å². The molecule has 0 bridgehead atoms. The number of hydrogen-bond acceptors (Lipinski definition) is 4. The van der Waals surface area contributed by atoms with Crippen molar-refractivity contribution in [2.75, 3.05) is 7.11 Å². The molecule has 2 aromatic rings. The van der Waals surface area contributed by atoms with Crippen molar-refractivity contribution >= 4 is 11.3 Å². The lowest BCUT2D eigenvalue weighted by molar-refractivity contribution is 0.185. The van der Waals surface area contributed by atoms with Crippen LogP contribution in [0.1, 0.15) is 10.4 Å². The number of hydrogen-bond donors (Lipinski definition) is 1. The summed E-state index contributed by atoms with van der Waals surface area (Å²) in [5.41, 5.74) is 2.19. The van der Waals surface area contributed by atoms with Crippen LogP contribution in [-0.4, -0.2) is 17.2 Å². The summed E-state index contributed by atoms with van der Waals surface area (Å²) in [6.45, 7) is 0.654. The normalized spacial score (nSPS) is 10.6. The highest BCUT2D eigenvalue weighted by atomic mass is 32.1. The summed E-state index contributed by atoms with van der Waals surface area (Å²) in [5, 5.41) is 9.92. The highest BCUT2D eigenvalue weighted by Gasteiger charge is 2.04. The fraction of sp³-hybridized carbons (Fsp3) is 0.250. The second-order valence-corrected chi connectivity index (χ2v) is 4.54. The Morgan fingerprint density at radius 1 is 1.44 bits per heavy atom. The Morgan fingerprint density at radius 3 is 3.00 bits per heavy atom. The number of benzene rings is 1. The molecule has 0 aliphatic heterocycles. The van der Waals surface area contributed by atoms with Gasteiger partial charge in [-0.15, -0.1) is 11.3 Å². The Hall–Kier alpha value is -1.23. The van der Waals surface area contributed by atoms with Gasteiger partial charge in [-0.2, -0.15) is 0 Å². The third-order valence-corrected chi connectivity index (χ3v) is 3.23. The van der Waals surface area contributed by atoms with E-state index in [-0.39, 0.29) is 6.61 Å². The lowest BCUT2D eigenvalue weighted by Gasteiger charge is -2.01. The van der Waals surface area contributed by atoms with E-state index in [0.29, 0.717) is 6.61 Å². The second-order valence-electron chi connectivity index (χ2n) is 3.42. The van der Waals surface area contributed by atoms with Crippen LogP contribution in [0.4, 0.5) is 0 Å². The smallest absolute Gasteiger partial charge is 0.123 e. The highest BCUT2D eigenvalue weighted by Crippen LogP contribution is 2.25. The molecule has 2 rings (SSSR count). The van der Waals surface area contributed by atoms with Crippen LogP contribution >= 0.6 is 11.3 Å². The molecule has 0 saturated heterocycles. The quantitative estimate of drug-likeness (QED) is 0.885. The lowest BCUT2D eigenvalue weighted by Crippen LogP contribution is -1.87. The zero-order chi connectivity index (χ0) is 11.4. The maximum Gasteiger partial charge on any atom is 0.123 e. The molecule has 0 unspecified atom stereocenters. The number of aromatic nitrogens is 1. The van der Waals surface area contributed by atoms with Gasteiger partial charge in [0, 0.05) is 18.9 Å². The minimum absolute atomic E-state index is 0.0510. The minimum atomic E-state index is 0.0510. The first-order valence-electron chi connectivity index (χ1n) is 4.97. The molecule has 0 spiro atoms. The van der Waals surface area contributed by atoms with E-state index < -0.39 is 0 Å². The van der Waals surface area contributed by atoms with E-state index in [1.54, 1.807) is 13.3 Å². The summed E-state index contributed by atoms with van der Waals surface area (Å²) in [6, 6.07) is 8.08. The summed E-state index contributed by atoms with van der Waals surface area (Å²) < 4.78 is 5.09. The van der Waals surface area contributed by atoms with E-state index in [4.69, 9.17) is 9.84 Å². The van der Waals surface area contributed by atoms with Crippen LogP contribution in [0.25, 0.3) is 10.6 Å². The van der Waals surface area contributed by atoms with Crippen molar-refractivity contribution in [2.45, 2.75) is 13.2 Å². The largest absolute Gasteiger partial charge is 0.391 e. The topological polar surface area (TPSA) is 42.4 Å². The van der Waals surface area contributed by atoms with Crippen molar-refractivity contribution in [3.05, 3.63) is 40.9 Å². The summed E-state index contributed by atoms with van der Waals surface area (Å²) in [7, 11) is 1.68. The Balaban J connectivity index is 2.28. The van der Waals surface area contributed by atoms with E-state index in [1.165, 1.54) is 11.3 Å². The summed E-state index contributed by atoms with van der Waals surface area (Å²) in [4.78, 5) is 5.16. The highest BCUT2D eigenvalue weighted by molar-refractivity contribution is 7.15. The molecular formula is C12H13NO2S. The number of rotatable bonds is 4. The molecule has 0 aliphatic carbocycles. The zero-order valence-electron chi connectivity index (χ0n) is 9.01. The minimum Gasteiger partial charge on any atom is -0.391 e. The first-order chi connectivity index (χ1) is 7.83. The maximum absolute atomic E-state index is 8.99. The molecule has 0 radical (unpaired) electrons. The van der Waals surface area contributed by atoms with Gasteiger partial charge >= 0.3 is 0 Å². The van der Waals surface area contributed by atoms with Crippen molar-refractivity contribution in [2.24, 2.45) is 0 Å². The molecule has 0 aliphatic rings. The molecule has 0 amide bonds. The van der Waals surface area contributed by atoms with Crippen LogP contribution in [0.5, 0.6) is 0 Å². The molecule has 4 heteroatoms. The van der Waals surface area contributed by atoms with Gasteiger partial charge in [0.1, 0.15) is 5.01 Å². The summed E-state index contributed by atoms with van der Waals surface area (Å²) in [5.74, 6) is 0. The summed E-state index contributed by atoms with van der Waals surface area (Å²) >= 11 is 1.51. The maximum atomic E-state index is 8.99. The van der Waals surface area contributed by atoms with Crippen LogP contribution in [0.15, 0.2) is 30.5 Å². The fourth-order valence-corrected chi connectivity index (χ4v) is 2.24. The third kappa shape index (κ3) is 2.47. The Kier molecular flexibility index (Phi) is 3.66. The van der Waals surface area contributed by atoms with Gasteiger partial charge < -0.3 is 9.84 Å². The van der Waals surface area contributed by atoms with Gasteiger partial charge in [0.05, 0.1) is 18.1 Å². The van der Waals surface area contributed by atoms with Gasteiger partial charge in [-0.1, -0.05) is 18.2 Å². The zero-order valence-corrected chi connectivity index (χ0v) is 9.83. The molecule has 1 heterocycles. The second kappa shape index (κ2) is 5.21. The molecule has 16 heavy (non-hydrogen) atoms. The van der Waals surface area contributed by atoms with Gasteiger partial charge in [0.2, 0.25) is 0 Å².